The summed E-state index contributed by atoms with van der Waals surface area (Å²) >= 11 is 0. The van der Waals surface area contributed by atoms with Crippen LogP contribution in [0.15, 0.2) is 24.3 Å². The molecule has 0 aliphatic carbocycles. The quantitative estimate of drug-likeness (QED) is 0.924. The first kappa shape index (κ1) is 15.3. The Bertz CT molecular complexity index is 443. The Kier molecular flexibility index (Phi) is 4.70. The zero-order chi connectivity index (χ0) is 14.8. The van der Waals surface area contributed by atoms with Gasteiger partial charge >= 0.3 is 6.18 Å². The molecule has 0 radical (unpaired) electrons. The fourth-order valence-corrected chi connectivity index (χ4v) is 2.77. The molecule has 2 nitrogen and oxygen atoms in total. The Morgan fingerprint density at radius 3 is 2.80 bits per heavy atom. The summed E-state index contributed by atoms with van der Waals surface area (Å²) in [7, 11) is 0. The lowest BCUT2D eigenvalue weighted by molar-refractivity contribution is -0.137. The summed E-state index contributed by atoms with van der Waals surface area (Å²) in [5.74, 6) is 0.439. The molecule has 1 aliphatic rings. The van der Waals surface area contributed by atoms with Crippen LogP contribution in [0.5, 0.6) is 0 Å². The van der Waals surface area contributed by atoms with Crippen molar-refractivity contribution in [2.24, 2.45) is 11.7 Å². The highest BCUT2D eigenvalue weighted by Gasteiger charge is 2.30. The van der Waals surface area contributed by atoms with Crippen LogP contribution in [-0.4, -0.2) is 24.0 Å². The maximum atomic E-state index is 12.7. The van der Waals surface area contributed by atoms with Crippen LogP contribution in [0.1, 0.15) is 30.9 Å². The normalized spacial score (nSPS) is 22.8. The maximum Gasteiger partial charge on any atom is 0.416 e. The molecule has 1 heterocycles. The highest BCUT2D eigenvalue weighted by molar-refractivity contribution is 5.25. The molecule has 0 spiro atoms. The van der Waals surface area contributed by atoms with E-state index >= 15 is 0 Å². The number of rotatable bonds is 3. The van der Waals surface area contributed by atoms with Crippen LogP contribution < -0.4 is 5.73 Å². The molecule has 1 fully saturated rings. The van der Waals surface area contributed by atoms with Gasteiger partial charge in [-0.25, -0.2) is 0 Å². The Balaban J connectivity index is 2.03. The van der Waals surface area contributed by atoms with Crippen LogP contribution in [0, 0.1) is 5.92 Å². The van der Waals surface area contributed by atoms with Gasteiger partial charge in [-0.05, 0) is 43.9 Å². The molecule has 0 aromatic heterocycles. The predicted molar refractivity (Wildman–Crippen MR) is 73.1 cm³/mol. The van der Waals surface area contributed by atoms with Crippen molar-refractivity contribution in [1.82, 2.24) is 4.90 Å². The van der Waals surface area contributed by atoms with Crippen molar-refractivity contribution in [1.29, 1.82) is 0 Å². The van der Waals surface area contributed by atoms with E-state index in [4.69, 9.17) is 5.73 Å². The van der Waals surface area contributed by atoms with Gasteiger partial charge in [0.25, 0.3) is 0 Å². The van der Waals surface area contributed by atoms with E-state index in [2.05, 4.69) is 4.90 Å². The number of hydrogen-bond acceptors (Lipinski definition) is 2. The molecule has 20 heavy (non-hydrogen) atoms. The van der Waals surface area contributed by atoms with Crippen molar-refractivity contribution in [3.8, 4) is 0 Å². The molecular formula is C15H21F3N2. The van der Waals surface area contributed by atoms with Crippen LogP contribution in [0.4, 0.5) is 13.2 Å². The standard InChI is InChI=1S/C15H21F3N2/c1-11(19)13-5-3-7-20(10-13)9-12-4-2-6-14(8-12)15(16,17)18/h2,4,6,8,11,13H,3,5,7,9-10,19H2,1H3. The minimum atomic E-state index is -4.27. The van der Waals surface area contributed by atoms with E-state index in [9.17, 15) is 13.2 Å². The Morgan fingerprint density at radius 1 is 1.40 bits per heavy atom. The lowest BCUT2D eigenvalue weighted by atomic mass is 9.92. The average Bonchev–Trinajstić information content (AvgIpc) is 2.38. The zero-order valence-electron chi connectivity index (χ0n) is 11.7. The van der Waals surface area contributed by atoms with Crippen LogP contribution in [0.3, 0.4) is 0 Å². The second-order valence-electron chi connectivity index (χ2n) is 5.69. The van der Waals surface area contributed by atoms with Gasteiger partial charge in [-0.15, -0.1) is 0 Å². The molecule has 1 aliphatic heterocycles. The van der Waals surface area contributed by atoms with E-state index in [1.807, 2.05) is 6.92 Å². The molecule has 1 aromatic carbocycles. The molecule has 1 saturated heterocycles. The summed E-state index contributed by atoms with van der Waals surface area (Å²) in [4.78, 5) is 2.20. The van der Waals surface area contributed by atoms with Gasteiger partial charge < -0.3 is 5.73 Å². The number of benzene rings is 1. The highest BCUT2D eigenvalue weighted by Crippen LogP contribution is 2.30. The first-order chi connectivity index (χ1) is 9.36. The van der Waals surface area contributed by atoms with Gasteiger partial charge in [0.05, 0.1) is 5.56 Å². The summed E-state index contributed by atoms with van der Waals surface area (Å²) < 4.78 is 38.1. The molecule has 2 N–H and O–H groups in total. The largest absolute Gasteiger partial charge is 0.416 e. The third-order valence-corrected chi connectivity index (χ3v) is 3.95. The van der Waals surface area contributed by atoms with Crippen LogP contribution >= 0.6 is 0 Å². The minimum absolute atomic E-state index is 0.138. The molecular weight excluding hydrogens is 265 g/mol. The monoisotopic (exact) mass is 286 g/mol. The first-order valence-corrected chi connectivity index (χ1v) is 7.00. The molecule has 112 valence electrons. The number of hydrogen-bond donors (Lipinski definition) is 1. The third kappa shape index (κ3) is 3.96. The van der Waals surface area contributed by atoms with Crippen molar-refractivity contribution in [3.05, 3.63) is 35.4 Å². The van der Waals surface area contributed by atoms with Gasteiger partial charge in [0.2, 0.25) is 0 Å². The second kappa shape index (κ2) is 6.14. The molecule has 2 unspecified atom stereocenters. The van der Waals surface area contributed by atoms with E-state index in [0.29, 0.717) is 18.0 Å². The Morgan fingerprint density at radius 2 is 2.15 bits per heavy atom. The third-order valence-electron chi connectivity index (χ3n) is 3.95. The SMILES string of the molecule is CC(N)C1CCCN(Cc2cccc(C(F)(F)F)c2)C1. The van der Waals surface area contributed by atoms with Gasteiger partial charge in [0.15, 0.2) is 0 Å². The predicted octanol–water partition coefficient (Wildman–Crippen LogP) is 3.26. The van der Waals surface area contributed by atoms with Crippen LogP contribution in [0.25, 0.3) is 0 Å². The molecule has 5 heteroatoms. The fraction of sp³-hybridized carbons (Fsp3) is 0.600. The van der Waals surface area contributed by atoms with Gasteiger partial charge in [-0.1, -0.05) is 18.2 Å². The van der Waals surface area contributed by atoms with E-state index in [1.54, 1.807) is 6.07 Å². The van der Waals surface area contributed by atoms with Crippen molar-refractivity contribution in [2.75, 3.05) is 13.1 Å². The van der Waals surface area contributed by atoms with Crippen LogP contribution in [0.2, 0.25) is 0 Å². The lowest BCUT2D eigenvalue weighted by Gasteiger charge is -2.34. The van der Waals surface area contributed by atoms with E-state index in [0.717, 1.165) is 32.0 Å². The number of piperidine rings is 1. The van der Waals surface area contributed by atoms with Gasteiger partial charge in [-0.2, -0.15) is 13.2 Å². The lowest BCUT2D eigenvalue weighted by Crippen LogP contribution is -2.41. The van der Waals surface area contributed by atoms with Gasteiger partial charge in [-0.3, -0.25) is 4.90 Å². The molecule has 0 amide bonds. The van der Waals surface area contributed by atoms with E-state index in [1.165, 1.54) is 12.1 Å². The number of nitrogens with zero attached hydrogens (tertiary/aromatic N) is 1. The smallest absolute Gasteiger partial charge is 0.328 e. The van der Waals surface area contributed by atoms with Crippen LogP contribution in [-0.2, 0) is 12.7 Å². The zero-order valence-corrected chi connectivity index (χ0v) is 11.7. The minimum Gasteiger partial charge on any atom is -0.328 e. The fourth-order valence-electron chi connectivity index (χ4n) is 2.77. The number of likely N-dealkylation sites (tertiary alicyclic amines) is 1. The summed E-state index contributed by atoms with van der Waals surface area (Å²) in [6.07, 6.45) is -2.10. The van der Waals surface area contributed by atoms with E-state index < -0.39 is 11.7 Å². The number of halogens is 3. The number of nitrogens with two attached hydrogens (primary N) is 1. The summed E-state index contributed by atoms with van der Waals surface area (Å²) in [6, 6.07) is 5.73. The Labute approximate surface area is 117 Å². The average molecular weight is 286 g/mol. The maximum absolute atomic E-state index is 12.7. The molecule has 2 rings (SSSR count). The molecule has 1 aromatic rings. The van der Waals surface area contributed by atoms with Crippen molar-refractivity contribution < 1.29 is 13.2 Å². The van der Waals surface area contributed by atoms with E-state index in [-0.39, 0.29) is 6.04 Å². The van der Waals surface area contributed by atoms with Crippen molar-refractivity contribution >= 4 is 0 Å². The number of alkyl halides is 3. The topological polar surface area (TPSA) is 29.3 Å². The summed E-state index contributed by atoms with van der Waals surface area (Å²) in [5, 5.41) is 0. The summed E-state index contributed by atoms with van der Waals surface area (Å²) in [5.41, 5.74) is 6.07. The van der Waals surface area contributed by atoms with Gasteiger partial charge in [0, 0.05) is 19.1 Å². The van der Waals surface area contributed by atoms with Gasteiger partial charge in [0.1, 0.15) is 0 Å². The van der Waals surface area contributed by atoms with Crippen molar-refractivity contribution in [2.45, 2.75) is 38.5 Å². The van der Waals surface area contributed by atoms with Crippen molar-refractivity contribution in [3.63, 3.8) is 0 Å². The highest BCUT2D eigenvalue weighted by atomic mass is 19.4. The molecule has 0 saturated carbocycles. The first-order valence-electron chi connectivity index (χ1n) is 7.00. The molecule has 2 atom stereocenters. The molecule has 0 bridgehead atoms. The Hall–Kier alpha value is -1.07. The second-order valence-corrected chi connectivity index (χ2v) is 5.69. The summed E-state index contributed by atoms with van der Waals surface area (Å²) in [6.45, 7) is 4.36.